The number of halogens is 1. The van der Waals surface area contributed by atoms with E-state index >= 15 is 0 Å². The highest BCUT2D eigenvalue weighted by atomic mass is 35.5. The highest BCUT2D eigenvalue weighted by Gasteiger charge is 2.22. The van der Waals surface area contributed by atoms with Crippen molar-refractivity contribution in [3.8, 4) is 0 Å². The van der Waals surface area contributed by atoms with Gasteiger partial charge >= 0.3 is 0 Å². The average Bonchev–Trinajstić information content (AvgIpc) is 3.04. The van der Waals surface area contributed by atoms with Gasteiger partial charge in [0.05, 0.1) is 5.56 Å². The van der Waals surface area contributed by atoms with Crippen molar-refractivity contribution in [2.24, 2.45) is 0 Å². The Hall–Kier alpha value is -2.05. The minimum Gasteiger partial charge on any atom is -0.399 e. The Bertz CT molecular complexity index is 736. The molecule has 0 bridgehead atoms. The lowest BCUT2D eigenvalue weighted by Gasteiger charge is -2.22. The number of aryl methyl sites for hydroxylation is 1. The number of nitrogen functional groups attached to an aromatic ring is 1. The van der Waals surface area contributed by atoms with Crippen molar-refractivity contribution >= 4 is 41.2 Å². The number of thiophene rings is 1. The monoisotopic (exact) mass is 393 g/mol. The van der Waals surface area contributed by atoms with Crippen molar-refractivity contribution in [1.82, 2.24) is 9.80 Å². The number of rotatable bonds is 4. The van der Waals surface area contributed by atoms with Crippen LogP contribution in [0.25, 0.3) is 0 Å². The number of hydrogen-bond acceptors (Lipinski definition) is 4. The molecule has 1 aliphatic heterocycles. The van der Waals surface area contributed by atoms with E-state index in [0.717, 1.165) is 23.2 Å². The highest BCUT2D eigenvalue weighted by Crippen LogP contribution is 2.15. The summed E-state index contributed by atoms with van der Waals surface area (Å²) in [6, 6.07) is 9.52. The summed E-state index contributed by atoms with van der Waals surface area (Å²) < 4.78 is 0. The number of nitrogens with two attached hydrogens (primary N) is 1. The zero-order valence-electron chi connectivity index (χ0n) is 14.6. The molecule has 1 saturated heterocycles. The van der Waals surface area contributed by atoms with Crippen LogP contribution < -0.4 is 5.73 Å². The third kappa shape index (κ3) is 4.99. The van der Waals surface area contributed by atoms with Gasteiger partial charge in [-0.25, -0.2) is 0 Å². The minimum absolute atomic E-state index is 0. The van der Waals surface area contributed by atoms with Gasteiger partial charge in [0, 0.05) is 43.7 Å². The van der Waals surface area contributed by atoms with E-state index in [1.807, 2.05) is 50.9 Å². The summed E-state index contributed by atoms with van der Waals surface area (Å²) in [6.45, 7) is 2.59. The Balaban J connectivity index is 0.00000243. The van der Waals surface area contributed by atoms with E-state index in [1.54, 1.807) is 0 Å². The third-order valence-corrected chi connectivity index (χ3v) is 5.25. The van der Waals surface area contributed by atoms with Crippen molar-refractivity contribution in [2.75, 3.05) is 31.9 Å². The molecule has 0 atom stereocenters. The molecule has 0 aliphatic carbocycles. The molecule has 1 aliphatic rings. The maximum atomic E-state index is 12.5. The van der Waals surface area contributed by atoms with Crippen molar-refractivity contribution in [2.45, 2.75) is 19.3 Å². The Morgan fingerprint density at radius 3 is 2.50 bits per heavy atom. The topological polar surface area (TPSA) is 66.6 Å². The molecular formula is C19H24ClN3O2S. The second kappa shape index (κ2) is 9.59. The van der Waals surface area contributed by atoms with E-state index in [4.69, 9.17) is 5.73 Å². The first-order valence-electron chi connectivity index (χ1n) is 8.58. The fourth-order valence-corrected chi connectivity index (χ4v) is 3.73. The molecule has 2 amide bonds. The summed E-state index contributed by atoms with van der Waals surface area (Å²) in [5, 5.41) is 3.79. The van der Waals surface area contributed by atoms with Crippen LogP contribution in [-0.4, -0.2) is 47.8 Å². The van der Waals surface area contributed by atoms with Gasteiger partial charge in [0.25, 0.3) is 5.91 Å². The van der Waals surface area contributed by atoms with Gasteiger partial charge in [-0.05, 0) is 35.9 Å². The maximum absolute atomic E-state index is 12.5. The molecule has 1 fully saturated rings. The molecule has 0 saturated carbocycles. The average molecular weight is 394 g/mol. The lowest BCUT2D eigenvalue weighted by molar-refractivity contribution is -0.131. The molecule has 2 N–H and O–H groups in total. The molecular weight excluding hydrogens is 370 g/mol. The van der Waals surface area contributed by atoms with Crippen molar-refractivity contribution in [3.05, 3.63) is 52.2 Å². The summed E-state index contributed by atoms with van der Waals surface area (Å²) in [6.07, 6.45) is 1.92. The van der Waals surface area contributed by atoms with Gasteiger partial charge < -0.3 is 15.5 Å². The van der Waals surface area contributed by atoms with E-state index in [1.165, 1.54) is 11.3 Å². The number of para-hydroxylation sites is 1. The number of benzene rings is 1. The molecule has 140 valence electrons. The van der Waals surface area contributed by atoms with Crippen LogP contribution in [0.5, 0.6) is 0 Å². The quantitative estimate of drug-likeness (QED) is 0.812. The minimum atomic E-state index is 0. The zero-order valence-corrected chi connectivity index (χ0v) is 16.2. The van der Waals surface area contributed by atoms with Crippen LogP contribution in [0, 0.1) is 0 Å². The molecule has 2 heterocycles. The molecule has 3 rings (SSSR count). The fraction of sp³-hybridized carbons (Fsp3) is 0.368. The van der Waals surface area contributed by atoms with Crippen LogP contribution in [0.1, 0.15) is 28.8 Å². The molecule has 5 nitrogen and oxygen atoms in total. The van der Waals surface area contributed by atoms with Crippen LogP contribution in [0.4, 0.5) is 5.69 Å². The van der Waals surface area contributed by atoms with E-state index in [-0.39, 0.29) is 24.2 Å². The normalized spacial score (nSPS) is 14.5. The lowest BCUT2D eigenvalue weighted by atomic mass is 10.1. The van der Waals surface area contributed by atoms with Gasteiger partial charge in [-0.2, -0.15) is 11.3 Å². The van der Waals surface area contributed by atoms with E-state index in [2.05, 4.69) is 0 Å². The summed E-state index contributed by atoms with van der Waals surface area (Å²) in [4.78, 5) is 28.7. The summed E-state index contributed by atoms with van der Waals surface area (Å²) in [7, 11) is 0. The largest absolute Gasteiger partial charge is 0.399 e. The first-order valence-corrected chi connectivity index (χ1v) is 9.52. The predicted octanol–water partition coefficient (Wildman–Crippen LogP) is 3.06. The molecule has 7 heteroatoms. The lowest BCUT2D eigenvalue weighted by Crippen LogP contribution is -2.37. The Kier molecular flexibility index (Phi) is 7.48. The molecule has 1 aromatic heterocycles. The van der Waals surface area contributed by atoms with E-state index in [9.17, 15) is 9.59 Å². The van der Waals surface area contributed by atoms with Gasteiger partial charge in [-0.1, -0.05) is 18.2 Å². The number of carbonyl (C=O) groups excluding carboxylic acids is 2. The Labute approximate surface area is 164 Å². The van der Waals surface area contributed by atoms with Crippen molar-refractivity contribution in [1.29, 1.82) is 0 Å². The highest BCUT2D eigenvalue weighted by molar-refractivity contribution is 7.08. The maximum Gasteiger partial charge on any atom is 0.254 e. The van der Waals surface area contributed by atoms with Gasteiger partial charge in [-0.15, -0.1) is 12.4 Å². The van der Waals surface area contributed by atoms with Crippen LogP contribution >= 0.6 is 23.7 Å². The number of nitrogens with zero attached hydrogens (tertiary/aromatic N) is 2. The second-order valence-corrected chi connectivity index (χ2v) is 7.02. The fourth-order valence-electron chi connectivity index (χ4n) is 3.10. The number of carbonyl (C=O) groups is 2. The molecule has 2 aromatic rings. The van der Waals surface area contributed by atoms with Gasteiger partial charge in [0.15, 0.2) is 0 Å². The SMILES string of the molecule is Cl.Nc1ccccc1CCC(=O)N1CCCN(C(=O)c2ccsc2)CC1. The number of amides is 2. The molecule has 0 radical (unpaired) electrons. The van der Waals surface area contributed by atoms with Gasteiger partial charge in [0.2, 0.25) is 5.91 Å². The summed E-state index contributed by atoms with van der Waals surface area (Å²) in [5.74, 6) is 0.195. The molecule has 26 heavy (non-hydrogen) atoms. The predicted molar refractivity (Wildman–Crippen MR) is 108 cm³/mol. The number of anilines is 1. The van der Waals surface area contributed by atoms with Crippen LogP contribution in [0.15, 0.2) is 41.1 Å². The molecule has 1 aromatic carbocycles. The van der Waals surface area contributed by atoms with Crippen molar-refractivity contribution in [3.63, 3.8) is 0 Å². The van der Waals surface area contributed by atoms with E-state index < -0.39 is 0 Å². The van der Waals surface area contributed by atoms with Crippen LogP contribution in [0.3, 0.4) is 0 Å². The Morgan fingerprint density at radius 1 is 1.04 bits per heavy atom. The van der Waals surface area contributed by atoms with Crippen molar-refractivity contribution < 1.29 is 9.59 Å². The van der Waals surface area contributed by atoms with Crippen LogP contribution in [0.2, 0.25) is 0 Å². The molecule has 0 spiro atoms. The first-order chi connectivity index (χ1) is 12.1. The second-order valence-electron chi connectivity index (χ2n) is 6.24. The smallest absolute Gasteiger partial charge is 0.254 e. The zero-order chi connectivity index (χ0) is 17.6. The standard InChI is InChI=1S/C19H23N3O2S.ClH/c20-17-5-2-1-4-15(17)6-7-18(23)21-9-3-10-22(12-11-21)19(24)16-8-13-25-14-16;/h1-2,4-5,8,13-14H,3,6-7,9-12,20H2;1H. The van der Waals surface area contributed by atoms with Gasteiger partial charge in [-0.3, -0.25) is 9.59 Å². The van der Waals surface area contributed by atoms with Gasteiger partial charge in [0.1, 0.15) is 0 Å². The first kappa shape index (κ1) is 20.3. The van der Waals surface area contributed by atoms with E-state index in [0.29, 0.717) is 39.0 Å². The third-order valence-electron chi connectivity index (χ3n) is 4.57. The summed E-state index contributed by atoms with van der Waals surface area (Å²) >= 11 is 1.53. The Morgan fingerprint density at radius 2 is 1.77 bits per heavy atom. The molecule has 0 unspecified atom stereocenters. The van der Waals surface area contributed by atoms with Crippen LogP contribution in [-0.2, 0) is 11.2 Å². The summed E-state index contributed by atoms with van der Waals surface area (Å²) in [5.41, 5.74) is 8.43. The number of hydrogen-bond donors (Lipinski definition) is 1.